The van der Waals surface area contributed by atoms with Crippen molar-refractivity contribution in [1.82, 2.24) is 0 Å². The molecule has 0 amide bonds. The summed E-state index contributed by atoms with van der Waals surface area (Å²) >= 11 is 0. The van der Waals surface area contributed by atoms with Crippen molar-refractivity contribution in [3.05, 3.63) is 0 Å². The summed E-state index contributed by atoms with van der Waals surface area (Å²) in [5.74, 6) is -7.83. The van der Waals surface area contributed by atoms with Crippen LogP contribution in [0.2, 0.25) is 0 Å². The minimum Gasteiger partial charge on any atom is -0.388 e. The molecule has 1 aliphatic rings. The van der Waals surface area contributed by atoms with Crippen LogP contribution in [0.25, 0.3) is 0 Å². The van der Waals surface area contributed by atoms with Crippen molar-refractivity contribution in [1.29, 1.82) is 0 Å². The number of alkyl halides is 2. The zero-order valence-corrected chi connectivity index (χ0v) is 7.18. The second kappa shape index (κ2) is 4.51. The van der Waals surface area contributed by atoms with Crippen LogP contribution in [0, 0.1) is 0 Å². The zero-order valence-electron chi connectivity index (χ0n) is 7.18. The molecule has 0 atom stereocenters. The molecule has 1 fully saturated rings. The van der Waals surface area contributed by atoms with Gasteiger partial charge < -0.3 is 18.9 Å². The van der Waals surface area contributed by atoms with Gasteiger partial charge in [-0.1, -0.05) is 0 Å². The molecule has 1 rings (SSSR count). The van der Waals surface area contributed by atoms with Gasteiger partial charge in [-0.3, -0.25) is 0 Å². The van der Waals surface area contributed by atoms with E-state index in [4.69, 9.17) is 0 Å². The monoisotopic (exact) mass is 240 g/mol. The number of carbonyl (C=O) groups excluding carboxylic acids is 4. The van der Waals surface area contributed by atoms with Crippen LogP contribution in [0.15, 0.2) is 0 Å². The number of halogens is 2. The molecule has 1 aliphatic heterocycles. The molecular weight excluding hydrogens is 238 g/mol. The zero-order chi connectivity index (χ0) is 12.3. The topological polar surface area (TPSA) is 105 Å². The number of ether oxygens (including phenoxy) is 4. The molecule has 10 heteroatoms. The first-order valence-electron chi connectivity index (χ1n) is 3.51. The standard InChI is InChI=1S/C6H2F2O8/c7-5-13-1(9)2(10)14-6(8)16-4(12)3(11)15-5/h5-6H. The van der Waals surface area contributed by atoms with E-state index in [2.05, 4.69) is 18.9 Å². The lowest BCUT2D eigenvalue weighted by molar-refractivity contribution is -0.249. The highest BCUT2D eigenvalue weighted by Crippen LogP contribution is 2.06. The maximum Gasteiger partial charge on any atom is 0.422 e. The van der Waals surface area contributed by atoms with Crippen molar-refractivity contribution < 1.29 is 46.9 Å². The summed E-state index contributed by atoms with van der Waals surface area (Å²) in [4.78, 5) is 42.2. The number of carbonyl (C=O) groups is 4. The Hall–Kier alpha value is -2.26. The van der Waals surface area contributed by atoms with Crippen molar-refractivity contribution in [2.45, 2.75) is 13.1 Å². The second-order valence-electron chi connectivity index (χ2n) is 2.17. The molecule has 0 radical (unpaired) electrons. The van der Waals surface area contributed by atoms with E-state index in [0.29, 0.717) is 0 Å². The molecule has 0 N–H and O–H groups in total. The van der Waals surface area contributed by atoms with Gasteiger partial charge in [-0.2, -0.15) is 8.78 Å². The van der Waals surface area contributed by atoms with Gasteiger partial charge in [0, 0.05) is 0 Å². The maximum atomic E-state index is 12.5. The Morgan fingerprint density at radius 3 is 1.00 bits per heavy atom. The highest BCUT2D eigenvalue weighted by Gasteiger charge is 2.34. The van der Waals surface area contributed by atoms with E-state index in [9.17, 15) is 28.0 Å². The van der Waals surface area contributed by atoms with Gasteiger partial charge >= 0.3 is 37.0 Å². The molecule has 8 nitrogen and oxygen atoms in total. The Bertz CT molecular complexity index is 286. The van der Waals surface area contributed by atoms with Gasteiger partial charge in [-0.25, -0.2) is 19.2 Å². The molecule has 0 aromatic carbocycles. The molecule has 88 valence electrons. The molecule has 0 bridgehead atoms. The number of rotatable bonds is 0. The first kappa shape index (κ1) is 11.8. The van der Waals surface area contributed by atoms with Crippen LogP contribution in [0.3, 0.4) is 0 Å². The van der Waals surface area contributed by atoms with Crippen LogP contribution >= 0.6 is 0 Å². The Balaban J connectivity index is 2.81. The minimum absolute atomic E-state index is 1.96. The lowest BCUT2D eigenvalue weighted by Crippen LogP contribution is -2.36. The summed E-state index contributed by atoms with van der Waals surface area (Å²) in [6.07, 6.45) is 0. The van der Waals surface area contributed by atoms with Gasteiger partial charge in [0.15, 0.2) is 0 Å². The van der Waals surface area contributed by atoms with E-state index in [1.807, 2.05) is 0 Å². The predicted molar refractivity (Wildman–Crippen MR) is 34.2 cm³/mol. The minimum atomic E-state index is -3.00. The van der Waals surface area contributed by atoms with Crippen LogP contribution in [-0.2, 0) is 38.1 Å². The van der Waals surface area contributed by atoms with E-state index in [0.717, 1.165) is 0 Å². The van der Waals surface area contributed by atoms with Gasteiger partial charge in [0.1, 0.15) is 0 Å². The fraction of sp³-hybridized carbons (Fsp3) is 0.333. The quantitative estimate of drug-likeness (QED) is 0.379. The highest BCUT2D eigenvalue weighted by molar-refractivity contribution is 6.31. The SMILES string of the molecule is O=C1OC(F)OC(=O)C(=O)OC(F)OC1=O. The molecule has 0 unspecified atom stereocenters. The van der Waals surface area contributed by atoms with Crippen molar-refractivity contribution in [2.75, 3.05) is 0 Å². The summed E-state index contributed by atoms with van der Waals surface area (Å²) in [5.41, 5.74) is 0. The first-order chi connectivity index (χ1) is 7.40. The average Bonchev–Trinajstić information content (AvgIpc) is 2.15. The maximum absolute atomic E-state index is 12.5. The first-order valence-corrected chi connectivity index (χ1v) is 3.51. The molecule has 0 spiro atoms. The molecule has 1 saturated heterocycles. The van der Waals surface area contributed by atoms with Gasteiger partial charge in [-0.05, 0) is 0 Å². The molecule has 1 heterocycles. The summed E-state index contributed by atoms with van der Waals surface area (Å²) in [6, 6.07) is 0. The third-order valence-electron chi connectivity index (χ3n) is 1.13. The van der Waals surface area contributed by atoms with Crippen molar-refractivity contribution in [3.8, 4) is 0 Å². The Labute approximate surface area is 85.0 Å². The number of cyclic esters (lactones) is 4. The summed E-state index contributed by atoms with van der Waals surface area (Å²) in [6.45, 7) is -6.01. The van der Waals surface area contributed by atoms with Gasteiger partial charge in [-0.15, -0.1) is 0 Å². The summed E-state index contributed by atoms with van der Waals surface area (Å²) in [5, 5.41) is 0. The second-order valence-corrected chi connectivity index (χ2v) is 2.17. The van der Waals surface area contributed by atoms with Gasteiger partial charge in [0.2, 0.25) is 0 Å². The van der Waals surface area contributed by atoms with E-state index in [1.54, 1.807) is 0 Å². The van der Waals surface area contributed by atoms with E-state index in [-0.39, 0.29) is 0 Å². The lowest BCUT2D eigenvalue weighted by atomic mass is 10.7. The van der Waals surface area contributed by atoms with Crippen LogP contribution in [0.1, 0.15) is 0 Å². The third kappa shape index (κ3) is 2.87. The van der Waals surface area contributed by atoms with Crippen LogP contribution in [0.4, 0.5) is 8.78 Å². The Kier molecular flexibility index (Phi) is 3.33. The van der Waals surface area contributed by atoms with E-state index in [1.165, 1.54) is 0 Å². The van der Waals surface area contributed by atoms with Crippen LogP contribution in [0.5, 0.6) is 0 Å². The van der Waals surface area contributed by atoms with Crippen molar-refractivity contribution in [3.63, 3.8) is 0 Å². The predicted octanol–water partition coefficient (Wildman–Crippen LogP) is -1.32. The fourth-order valence-electron chi connectivity index (χ4n) is 0.577. The number of hydrogen-bond acceptors (Lipinski definition) is 8. The van der Waals surface area contributed by atoms with Gasteiger partial charge in [0.05, 0.1) is 0 Å². The normalized spacial score (nSPS) is 27.4. The molecule has 0 saturated carbocycles. The Morgan fingerprint density at radius 2 is 0.812 bits per heavy atom. The largest absolute Gasteiger partial charge is 0.422 e. The molecule has 0 aromatic rings. The van der Waals surface area contributed by atoms with Crippen molar-refractivity contribution >= 4 is 23.9 Å². The molecule has 0 aliphatic carbocycles. The molecular formula is C6H2F2O8. The molecule has 16 heavy (non-hydrogen) atoms. The van der Waals surface area contributed by atoms with Crippen molar-refractivity contribution in [2.24, 2.45) is 0 Å². The number of hydrogen-bond donors (Lipinski definition) is 0. The van der Waals surface area contributed by atoms with Gasteiger partial charge in [0.25, 0.3) is 0 Å². The fourth-order valence-corrected chi connectivity index (χ4v) is 0.577. The van der Waals surface area contributed by atoms with Crippen LogP contribution in [-0.4, -0.2) is 37.0 Å². The lowest BCUT2D eigenvalue weighted by Gasteiger charge is -2.14. The number of esters is 4. The highest BCUT2D eigenvalue weighted by atomic mass is 19.2. The van der Waals surface area contributed by atoms with E-state index < -0.39 is 37.0 Å². The van der Waals surface area contributed by atoms with Crippen LogP contribution < -0.4 is 0 Å². The summed E-state index contributed by atoms with van der Waals surface area (Å²) < 4.78 is 39.0. The molecule has 0 aromatic heterocycles. The summed E-state index contributed by atoms with van der Waals surface area (Å²) in [7, 11) is 0. The smallest absolute Gasteiger partial charge is 0.388 e. The average molecular weight is 240 g/mol. The third-order valence-corrected chi connectivity index (χ3v) is 1.13. The van der Waals surface area contributed by atoms with E-state index >= 15 is 0 Å². The Morgan fingerprint density at radius 1 is 0.625 bits per heavy atom.